The summed E-state index contributed by atoms with van der Waals surface area (Å²) in [7, 11) is 0. The van der Waals surface area contributed by atoms with Crippen LogP contribution in [0.3, 0.4) is 0 Å². The summed E-state index contributed by atoms with van der Waals surface area (Å²) < 4.78 is 12.7. The lowest BCUT2D eigenvalue weighted by Crippen LogP contribution is -2.20. The number of nitro benzene ring substituents is 1. The highest BCUT2D eigenvalue weighted by Gasteiger charge is 2.18. The van der Waals surface area contributed by atoms with Crippen LogP contribution >= 0.6 is 11.6 Å². The third kappa shape index (κ3) is 5.56. The molecule has 0 fully saturated rings. The fourth-order valence-corrected chi connectivity index (χ4v) is 4.60. The molecule has 0 aliphatic heterocycles. The molecule has 212 valence electrons. The summed E-state index contributed by atoms with van der Waals surface area (Å²) in [5.41, 5.74) is 1.29. The van der Waals surface area contributed by atoms with Gasteiger partial charge >= 0.3 is 11.7 Å². The number of carboxylic acid groups (broad SMARTS) is 1. The van der Waals surface area contributed by atoms with E-state index >= 15 is 0 Å². The van der Waals surface area contributed by atoms with Crippen LogP contribution in [0.2, 0.25) is 5.02 Å². The number of ether oxygens (including phenoxy) is 1. The van der Waals surface area contributed by atoms with Crippen LogP contribution < -0.4 is 10.3 Å². The van der Waals surface area contributed by atoms with E-state index in [-0.39, 0.29) is 35.2 Å². The molecule has 0 saturated heterocycles. The zero-order chi connectivity index (χ0) is 30.1. The summed E-state index contributed by atoms with van der Waals surface area (Å²) in [5.74, 6) is -0.633. The Morgan fingerprint density at radius 3 is 2.63 bits per heavy atom. The highest BCUT2D eigenvalue weighted by molar-refractivity contribution is 6.31. The molecular weight excluding hydrogens is 576 g/mol. The number of hydrogen-bond donors (Lipinski definition) is 1. The fourth-order valence-electron chi connectivity index (χ4n) is 4.42. The first kappa shape index (κ1) is 27.4. The van der Waals surface area contributed by atoms with E-state index in [1.807, 2.05) is 0 Å². The van der Waals surface area contributed by atoms with E-state index in [0.29, 0.717) is 38.0 Å². The first-order valence-corrected chi connectivity index (χ1v) is 13.1. The minimum atomic E-state index is -1.06. The van der Waals surface area contributed by atoms with E-state index in [2.05, 4.69) is 10.1 Å². The van der Waals surface area contributed by atoms with Gasteiger partial charge in [0.05, 0.1) is 27.6 Å². The molecule has 0 spiro atoms. The van der Waals surface area contributed by atoms with Crippen LogP contribution in [0, 0.1) is 10.1 Å². The normalized spacial score (nSPS) is 11.4. The maximum atomic E-state index is 13.5. The van der Waals surface area contributed by atoms with Crippen molar-refractivity contribution in [2.24, 2.45) is 5.10 Å². The molecule has 0 radical (unpaired) electrons. The van der Waals surface area contributed by atoms with Gasteiger partial charge in [0.15, 0.2) is 11.5 Å². The number of fused-ring (bicyclic) bond motifs is 2. The van der Waals surface area contributed by atoms with E-state index in [4.69, 9.17) is 25.9 Å². The maximum absolute atomic E-state index is 13.5. The van der Waals surface area contributed by atoms with Gasteiger partial charge in [0.2, 0.25) is 5.82 Å². The molecular formula is C31H19ClN4O7. The van der Waals surface area contributed by atoms with Crippen LogP contribution in [0.1, 0.15) is 21.5 Å². The van der Waals surface area contributed by atoms with E-state index < -0.39 is 16.5 Å². The van der Waals surface area contributed by atoms with Crippen molar-refractivity contribution in [2.75, 3.05) is 0 Å². The molecule has 0 amide bonds. The van der Waals surface area contributed by atoms with Crippen LogP contribution in [0.25, 0.3) is 33.5 Å². The molecule has 2 heterocycles. The van der Waals surface area contributed by atoms with E-state index in [1.165, 1.54) is 30.5 Å². The lowest BCUT2D eigenvalue weighted by molar-refractivity contribution is -0.385. The summed E-state index contributed by atoms with van der Waals surface area (Å²) in [6, 6.07) is 23.9. The molecule has 0 aliphatic rings. The number of halogens is 1. The van der Waals surface area contributed by atoms with Crippen molar-refractivity contribution in [3.05, 3.63) is 133 Å². The molecule has 0 unspecified atom stereocenters. The Hall–Kier alpha value is -5.81. The number of furan rings is 1. The molecule has 0 aliphatic carbocycles. The highest BCUT2D eigenvalue weighted by atomic mass is 35.5. The number of rotatable bonds is 8. The SMILES string of the molecule is O=C(O)c1ccc(COc2ccc(C=Nn3c(-c4cc5cc(Cl)ccc5o4)nc4ccccc4c3=O)cc2[N+](=O)[O-])cc1. The number of benzene rings is 4. The van der Waals surface area contributed by atoms with Gasteiger partial charge < -0.3 is 14.3 Å². The zero-order valence-corrected chi connectivity index (χ0v) is 22.8. The average molecular weight is 595 g/mol. The summed E-state index contributed by atoms with van der Waals surface area (Å²) in [4.78, 5) is 40.5. The van der Waals surface area contributed by atoms with Crippen molar-refractivity contribution in [3.8, 4) is 17.3 Å². The largest absolute Gasteiger partial charge is 0.482 e. The van der Waals surface area contributed by atoms with E-state index in [1.54, 1.807) is 66.7 Å². The van der Waals surface area contributed by atoms with Gasteiger partial charge in [-0.2, -0.15) is 9.78 Å². The molecule has 6 aromatic rings. The Morgan fingerprint density at radius 1 is 1.07 bits per heavy atom. The van der Waals surface area contributed by atoms with Crippen molar-refractivity contribution >= 4 is 51.3 Å². The molecule has 12 heteroatoms. The van der Waals surface area contributed by atoms with Crippen molar-refractivity contribution in [1.29, 1.82) is 0 Å². The van der Waals surface area contributed by atoms with Gasteiger partial charge in [-0.1, -0.05) is 35.9 Å². The Kier molecular flexibility index (Phi) is 7.14. The first-order chi connectivity index (χ1) is 20.8. The minimum Gasteiger partial charge on any atom is -0.482 e. The molecule has 0 atom stereocenters. The second kappa shape index (κ2) is 11.2. The second-order valence-electron chi connectivity index (χ2n) is 9.38. The Labute approximate surface area is 247 Å². The van der Waals surface area contributed by atoms with Gasteiger partial charge in [-0.05, 0) is 66.2 Å². The summed E-state index contributed by atoms with van der Waals surface area (Å²) >= 11 is 6.13. The standard InChI is InChI=1S/C31H19ClN4O7/c32-22-10-12-26-21(14-22)15-28(43-26)29-34-24-4-2-1-3-23(24)30(37)35(29)33-16-19-7-11-27(25(13-19)36(40)41)42-17-18-5-8-20(9-6-18)31(38)39/h1-16H,17H2,(H,38,39). The number of carboxylic acids is 1. The molecule has 43 heavy (non-hydrogen) atoms. The Balaban J connectivity index is 1.35. The fraction of sp³-hybridized carbons (Fsp3) is 0.0323. The van der Waals surface area contributed by atoms with Gasteiger partial charge in [0, 0.05) is 22.0 Å². The van der Waals surface area contributed by atoms with Gasteiger partial charge in [0.25, 0.3) is 5.56 Å². The highest BCUT2D eigenvalue weighted by Crippen LogP contribution is 2.30. The zero-order valence-electron chi connectivity index (χ0n) is 22.0. The third-order valence-corrected chi connectivity index (χ3v) is 6.78. The number of nitro groups is 1. The molecule has 11 nitrogen and oxygen atoms in total. The predicted octanol–water partition coefficient (Wildman–Crippen LogP) is 6.53. The molecule has 0 saturated carbocycles. The summed E-state index contributed by atoms with van der Waals surface area (Å²) in [6.07, 6.45) is 1.31. The van der Waals surface area contributed by atoms with Gasteiger partial charge in [0.1, 0.15) is 12.2 Å². The predicted molar refractivity (Wildman–Crippen MR) is 160 cm³/mol. The van der Waals surface area contributed by atoms with Crippen molar-refractivity contribution in [3.63, 3.8) is 0 Å². The summed E-state index contributed by atoms with van der Waals surface area (Å²) in [5, 5.41) is 26.8. The number of para-hydroxylation sites is 1. The lowest BCUT2D eigenvalue weighted by Gasteiger charge is -2.09. The van der Waals surface area contributed by atoms with Crippen LogP contribution in [-0.4, -0.2) is 31.9 Å². The van der Waals surface area contributed by atoms with Gasteiger partial charge in [-0.15, -0.1) is 0 Å². The lowest BCUT2D eigenvalue weighted by atomic mass is 10.1. The molecule has 6 rings (SSSR count). The van der Waals surface area contributed by atoms with E-state index in [9.17, 15) is 19.7 Å². The van der Waals surface area contributed by atoms with Crippen LogP contribution in [0.15, 0.2) is 105 Å². The Bertz CT molecular complexity index is 2140. The van der Waals surface area contributed by atoms with Crippen molar-refractivity contribution < 1.29 is 24.0 Å². The first-order valence-electron chi connectivity index (χ1n) is 12.8. The van der Waals surface area contributed by atoms with Gasteiger partial charge in [-0.25, -0.2) is 9.78 Å². The smallest absolute Gasteiger partial charge is 0.335 e. The second-order valence-corrected chi connectivity index (χ2v) is 9.82. The third-order valence-electron chi connectivity index (χ3n) is 6.55. The minimum absolute atomic E-state index is 0.00984. The average Bonchev–Trinajstić information content (AvgIpc) is 3.43. The Morgan fingerprint density at radius 2 is 1.86 bits per heavy atom. The monoisotopic (exact) mass is 594 g/mol. The molecule has 1 N–H and O–H groups in total. The number of nitrogens with zero attached hydrogens (tertiary/aromatic N) is 4. The molecule has 0 bridgehead atoms. The number of aromatic carboxylic acids is 1. The van der Waals surface area contributed by atoms with Crippen molar-refractivity contribution in [2.45, 2.75) is 6.61 Å². The summed E-state index contributed by atoms with van der Waals surface area (Å²) in [6.45, 7) is -0.0155. The molecule has 2 aromatic heterocycles. The maximum Gasteiger partial charge on any atom is 0.335 e. The van der Waals surface area contributed by atoms with Crippen LogP contribution in [0.5, 0.6) is 5.75 Å². The van der Waals surface area contributed by atoms with E-state index in [0.717, 1.165) is 4.68 Å². The number of aromatic nitrogens is 2. The molecule has 4 aromatic carbocycles. The van der Waals surface area contributed by atoms with Crippen LogP contribution in [0.4, 0.5) is 5.69 Å². The van der Waals surface area contributed by atoms with Crippen LogP contribution in [-0.2, 0) is 6.61 Å². The quantitative estimate of drug-likeness (QED) is 0.119. The van der Waals surface area contributed by atoms with Crippen molar-refractivity contribution in [1.82, 2.24) is 9.66 Å². The number of carbonyl (C=O) groups is 1. The van der Waals surface area contributed by atoms with Gasteiger partial charge in [-0.3, -0.25) is 14.9 Å². The number of hydrogen-bond acceptors (Lipinski definition) is 8. The topological polar surface area (TPSA) is 150 Å².